The second-order valence-electron chi connectivity index (χ2n) is 9.95. The first-order chi connectivity index (χ1) is 17.5. The number of amides is 1. The average molecular weight is 520 g/mol. The quantitative estimate of drug-likeness (QED) is 0.342. The molecule has 2 aromatic heterocycles. The van der Waals surface area contributed by atoms with Crippen LogP contribution in [0.2, 0.25) is 0 Å². The number of anilines is 1. The van der Waals surface area contributed by atoms with Crippen molar-refractivity contribution in [3.63, 3.8) is 0 Å². The molecule has 4 N–H and O–H groups in total. The summed E-state index contributed by atoms with van der Waals surface area (Å²) in [4.78, 5) is 32.7. The number of hydrogen-bond donors (Lipinski definition) is 4. The number of hydrogen-bond acceptors (Lipinski definition) is 6. The van der Waals surface area contributed by atoms with E-state index in [-0.39, 0.29) is 28.7 Å². The van der Waals surface area contributed by atoms with Gasteiger partial charge in [-0.3, -0.25) is 14.7 Å². The normalized spacial score (nSPS) is 23.2. The molecule has 3 saturated carbocycles. The topological polar surface area (TPSA) is 133 Å². The van der Waals surface area contributed by atoms with E-state index in [2.05, 4.69) is 30.8 Å². The van der Waals surface area contributed by atoms with Crippen LogP contribution in [0.15, 0.2) is 24.5 Å². The standard InChI is InChI=1S/C24H24F4N6O3/c25-15-2-1-13(9-14(15)24(26,27)28)10-29-20(35)18-16-17(31-12-32-18)19(34-33-16)30-11-22-3-6-23(7-4-22,8-5-22)21(36)37/h1-2,9,12H,3-8,10-11H2,(H,29,35)(H,36,37)(H2,30,33,34). The average Bonchev–Trinajstić information content (AvgIpc) is 3.30. The van der Waals surface area contributed by atoms with Crippen molar-refractivity contribution in [2.75, 3.05) is 11.9 Å². The number of halogens is 4. The first-order valence-electron chi connectivity index (χ1n) is 11.8. The number of H-pyrrole nitrogens is 1. The number of fused-ring (bicyclic) bond motifs is 4. The van der Waals surface area contributed by atoms with Crippen LogP contribution in [-0.2, 0) is 17.5 Å². The van der Waals surface area contributed by atoms with Gasteiger partial charge in [0.25, 0.3) is 5.91 Å². The number of benzene rings is 1. The van der Waals surface area contributed by atoms with E-state index in [0.29, 0.717) is 49.3 Å². The number of aromatic nitrogens is 4. The molecule has 1 amide bonds. The van der Waals surface area contributed by atoms with Gasteiger partial charge in [0.15, 0.2) is 11.5 Å². The first kappa shape index (κ1) is 24.9. The van der Waals surface area contributed by atoms with E-state index in [1.807, 2.05) is 0 Å². The van der Waals surface area contributed by atoms with Crippen molar-refractivity contribution in [3.05, 3.63) is 47.2 Å². The minimum absolute atomic E-state index is 0.0276. The predicted molar refractivity (Wildman–Crippen MR) is 123 cm³/mol. The van der Waals surface area contributed by atoms with Gasteiger partial charge >= 0.3 is 12.1 Å². The van der Waals surface area contributed by atoms with Crippen molar-refractivity contribution in [2.45, 2.75) is 51.2 Å². The molecule has 3 aromatic rings. The third-order valence-corrected chi connectivity index (χ3v) is 7.84. The van der Waals surface area contributed by atoms with Crippen molar-refractivity contribution in [1.29, 1.82) is 0 Å². The minimum atomic E-state index is -4.85. The summed E-state index contributed by atoms with van der Waals surface area (Å²) in [5, 5.41) is 22.4. The number of carboxylic acids is 1. The summed E-state index contributed by atoms with van der Waals surface area (Å²) in [5.41, 5.74) is -1.36. The van der Waals surface area contributed by atoms with Crippen molar-refractivity contribution >= 4 is 28.7 Å². The first-order valence-corrected chi connectivity index (χ1v) is 11.8. The highest BCUT2D eigenvalue weighted by Crippen LogP contribution is 2.57. The summed E-state index contributed by atoms with van der Waals surface area (Å²) in [6, 6.07) is 2.52. The van der Waals surface area contributed by atoms with Crippen LogP contribution < -0.4 is 10.6 Å². The Labute approximate surface area is 208 Å². The zero-order valence-electron chi connectivity index (χ0n) is 19.6. The summed E-state index contributed by atoms with van der Waals surface area (Å²) < 4.78 is 52.4. The molecule has 196 valence electrons. The Kier molecular flexibility index (Phi) is 6.03. The SMILES string of the molecule is O=C(NCc1ccc(F)c(C(F)(F)F)c1)c1ncnc2c(NCC34CCC(C(=O)O)(CC3)CC4)n[nH]c12. The second-order valence-corrected chi connectivity index (χ2v) is 9.95. The maximum atomic E-state index is 13.5. The zero-order chi connectivity index (χ0) is 26.4. The van der Waals surface area contributed by atoms with Crippen molar-refractivity contribution < 1.29 is 32.3 Å². The Balaban J connectivity index is 1.27. The zero-order valence-corrected chi connectivity index (χ0v) is 19.6. The number of carbonyl (C=O) groups is 2. The summed E-state index contributed by atoms with van der Waals surface area (Å²) in [7, 11) is 0. The lowest BCUT2D eigenvalue weighted by molar-refractivity contribution is -0.158. The van der Waals surface area contributed by atoms with Crippen LogP contribution in [0, 0.1) is 16.6 Å². The maximum Gasteiger partial charge on any atom is 0.419 e. The summed E-state index contributed by atoms with van der Waals surface area (Å²) in [6.45, 7) is 0.313. The molecule has 0 saturated heterocycles. The van der Waals surface area contributed by atoms with Gasteiger partial charge in [-0.05, 0) is 61.6 Å². The van der Waals surface area contributed by atoms with Crippen LogP contribution in [0.3, 0.4) is 0 Å². The number of nitrogens with one attached hydrogen (secondary N) is 3. The molecule has 9 nitrogen and oxygen atoms in total. The van der Waals surface area contributed by atoms with Crippen molar-refractivity contribution in [3.8, 4) is 0 Å². The molecule has 0 aliphatic heterocycles. The molecule has 0 atom stereocenters. The van der Waals surface area contributed by atoms with Gasteiger partial charge in [0.05, 0.1) is 11.0 Å². The Bertz CT molecular complexity index is 1350. The van der Waals surface area contributed by atoms with Gasteiger partial charge in [-0.1, -0.05) is 6.07 Å². The number of carbonyl (C=O) groups excluding carboxylic acids is 1. The molecule has 13 heteroatoms. The van der Waals surface area contributed by atoms with Crippen LogP contribution in [0.25, 0.3) is 11.0 Å². The van der Waals surface area contributed by atoms with Gasteiger partial charge in [0, 0.05) is 13.1 Å². The molecule has 2 heterocycles. The lowest BCUT2D eigenvalue weighted by Gasteiger charge is -2.51. The van der Waals surface area contributed by atoms with Crippen LogP contribution in [0.4, 0.5) is 23.4 Å². The van der Waals surface area contributed by atoms with E-state index in [4.69, 9.17) is 0 Å². The van der Waals surface area contributed by atoms with Crippen LogP contribution >= 0.6 is 0 Å². The third kappa shape index (κ3) is 4.58. The van der Waals surface area contributed by atoms with Gasteiger partial charge in [-0.2, -0.15) is 18.3 Å². The Morgan fingerprint density at radius 3 is 2.43 bits per heavy atom. The molecule has 3 aliphatic rings. The molecule has 0 radical (unpaired) electrons. The van der Waals surface area contributed by atoms with E-state index in [1.165, 1.54) is 6.33 Å². The highest BCUT2D eigenvalue weighted by atomic mass is 19.4. The Morgan fingerprint density at radius 1 is 1.08 bits per heavy atom. The molecule has 1 aromatic carbocycles. The Hall–Kier alpha value is -3.77. The third-order valence-electron chi connectivity index (χ3n) is 7.84. The molecule has 3 fully saturated rings. The lowest BCUT2D eigenvalue weighted by atomic mass is 9.53. The highest BCUT2D eigenvalue weighted by Gasteiger charge is 2.52. The van der Waals surface area contributed by atoms with E-state index in [0.717, 1.165) is 25.3 Å². The van der Waals surface area contributed by atoms with Crippen molar-refractivity contribution in [1.82, 2.24) is 25.5 Å². The molecule has 3 aliphatic carbocycles. The second kappa shape index (κ2) is 8.96. The maximum absolute atomic E-state index is 13.5. The fraction of sp³-hybridized carbons (Fsp3) is 0.458. The van der Waals surface area contributed by atoms with E-state index in [9.17, 15) is 32.3 Å². The smallest absolute Gasteiger partial charge is 0.419 e. The number of rotatable bonds is 7. The van der Waals surface area contributed by atoms with Gasteiger partial charge in [-0.15, -0.1) is 0 Å². The Morgan fingerprint density at radius 2 is 1.78 bits per heavy atom. The molecule has 37 heavy (non-hydrogen) atoms. The van der Waals surface area contributed by atoms with Crippen LogP contribution in [0.1, 0.15) is 60.1 Å². The van der Waals surface area contributed by atoms with E-state index in [1.54, 1.807) is 0 Å². The number of carboxylic acid groups (broad SMARTS) is 1. The van der Waals surface area contributed by atoms with Gasteiger partial charge in [0.1, 0.15) is 23.2 Å². The summed E-state index contributed by atoms with van der Waals surface area (Å²) in [5.74, 6) is -2.34. The van der Waals surface area contributed by atoms with Gasteiger partial charge in [-0.25, -0.2) is 14.4 Å². The van der Waals surface area contributed by atoms with Crippen LogP contribution in [0.5, 0.6) is 0 Å². The monoisotopic (exact) mass is 520 g/mol. The fourth-order valence-electron chi connectivity index (χ4n) is 5.42. The molecular formula is C24H24F4N6O3. The fourth-order valence-corrected chi connectivity index (χ4v) is 5.42. The van der Waals surface area contributed by atoms with Gasteiger partial charge in [0.2, 0.25) is 0 Å². The summed E-state index contributed by atoms with van der Waals surface area (Å²) >= 11 is 0. The molecule has 6 rings (SSSR count). The van der Waals surface area contributed by atoms with E-state index < -0.39 is 34.8 Å². The number of nitrogens with zero attached hydrogens (tertiary/aromatic N) is 3. The highest BCUT2D eigenvalue weighted by molar-refractivity contribution is 6.04. The number of aliphatic carboxylic acids is 1. The van der Waals surface area contributed by atoms with Gasteiger partial charge < -0.3 is 15.7 Å². The number of aromatic amines is 1. The molecule has 0 unspecified atom stereocenters. The number of alkyl halides is 3. The van der Waals surface area contributed by atoms with Crippen molar-refractivity contribution in [2.24, 2.45) is 10.8 Å². The summed E-state index contributed by atoms with van der Waals surface area (Å²) in [6.07, 6.45) is 0.696. The predicted octanol–water partition coefficient (Wildman–Crippen LogP) is 4.28. The molecular weight excluding hydrogens is 496 g/mol. The minimum Gasteiger partial charge on any atom is -0.481 e. The van der Waals surface area contributed by atoms with Crippen LogP contribution in [-0.4, -0.2) is 43.7 Å². The lowest BCUT2D eigenvalue weighted by Crippen LogP contribution is -2.48. The largest absolute Gasteiger partial charge is 0.481 e. The molecule has 2 bridgehead atoms. The van der Waals surface area contributed by atoms with E-state index >= 15 is 0 Å². The molecule has 0 spiro atoms.